The summed E-state index contributed by atoms with van der Waals surface area (Å²) in [5.41, 5.74) is 2.43. The topological polar surface area (TPSA) is 64.7 Å². The average Bonchev–Trinajstić information content (AvgIpc) is 2.57. The fourth-order valence-corrected chi connectivity index (χ4v) is 3.94. The number of nitrogens with zero attached hydrogens (tertiary/aromatic N) is 2. The van der Waals surface area contributed by atoms with Crippen molar-refractivity contribution in [2.24, 2.45) is 5.92 Å². The van der Waals surface area contributed by atoms with Crippen LogP contribution >= 0.6 is 0 Å². The van der Waals surface area contributed by atoms with Gasteiger partial charge in [-0.3, -0.25) is 19.8 Å². The Bertz CT molecular complexity index is 633. The van der Waals surface area contributed by atoms with Crippen LogP contribution in [0, 0.1) is 5.92 Å². The van der Waals surface area contributed by atoms with Gasteiger partial charge in [-0.25, -0.2) is 0 Å². The lowest BCUT2D eigenvalue weighted by molar-refractivity contribution is -0.136. The smallest absolute Gasteiger partial charge is 0.230 e. The molecule has 25 heavy (non-hydrogen) atoms. The Kier molecular flexibility index (Phi) is 4.72. The van der Waals surface area contributed by atoms with E-state index < -0.39 is 0 Å². The van der Waals surface area contributed by atoms with Gasteiger partial charge in [-0.15, -0.1) is 0 Å². The van der Waals surface area contributed by atoms with Crippen molar-refractivity contribution in [3.8, 4) is 0 Å². The number of piperidine rings is 1. The first kappa shape index (κ1) is 16.5. The van der Waals surface area contributed by atoms with Gasteiger partial charge in [0.15, 0.2) is 0 Å². The summed E-state index contributed by atoms with van der Waals surface area (Å²) < 4.78 is 0. The van der Waals surface area contributed by atoms with E-state index in [2.05, 4.69) is 44.7 Å². The van der Waals surface area contributed by atoms with Gasteiger partial charge >= 0.3 is 0 Å². The SMILES string of the molecule is O=C1CCC(Cc2ccc(N3CCN(C4CNC4)CC3)cc2)C(=O)N1. The summed E-state index contributed by atoms with van der Waals surface area (Å²) in [6.07, 6.45) is 1.82. The number of hydrogen-bond donors (Lipinski definition) is 2. The monoisotopic (exact) mass is 342 g/mol. The highest BCUT2D eigenvalue weighted by atomic mass is 16.2. The standard InChI is InChI=1S/C19H26N4O2/c24-18-6-3-15(19(25)21-18)11-14-1-4-16(5-2-14)22-7-9-23(10-8-22)17-12-20-13-17/h1-2,4-5,15,17,20H,3,6-13H2,(H,21,24,25). The van der Waals surface area contributed by atoms with Crippen molar-refractivity contribution in [1.29, 1.82) is 0 Å². The van der Waals surface area contributed by atoms with Crippen LogP contribution in [-0.4, -0.2) is 62.0 Å². The second kappa shape index (κ2) is 7.14. The Morgan fingerprint density at radius 3 is 2.32 bits per heavy atom. The number of hydrogen-bond acceptors (Lipinski definition) is 5. The molecule has 0 spiro atoms. The highest BCUT2D eigenvalue weighted by Gasteiger charge is 2.28. The predicted octanol–water partition coefficient (Wildman–Crippen LogP) is 0.376. The second-order valence-electron chi connectivity index (χ2n) is 7.35. The number of carbonyl (C=O) groups excluding carboxylic acids is 2. The third-order valence-corrected chi connectivity index (χ3v) is 5.73. The molecule has 3 aliphatic rings. The third kappa shape index (κ3) is 3.70. The van der Waals surface area contributed by atoms with Crippen LogP contribution in [0.3, 0.4) is 0 Å². The molecule has 3 fully saturated rings. The Balaban J connectivity index is 1.31. The van der Waals surface area contributed by atoms with Gasteiger partial charge in [0, 0.05) is 63.3 Å². The molecule has 3 heterocycles. The molecule has 0 aliphatic carbocycles. The number of anilines is 1. The summed E-state index contributed by atoms with van der Waals surface area (Å²) in [7, 11) is 0. The molecule has 4 rings (SSSR count). The normalized spacial score (nSPS) is 25.6. The molecule has 6 heteroatoms. The molecule has 6 nitrogen and oxygen atoms in total. The van der Waals surface area contributed by atoms with E-state index in [9.17, 15) is 9.59 Å². The van der Waals surface area contributed by atoms with Crippen LogP contribution in [0.1, 0.15) is 18.4 Å². The zero-order chi connectivity index (χ0) is 17.2. The number of amides is 2. The minimum absolute atomic E-state index is 0.0804. The fraction of sp³-hybridized carbons (Fsp3) is 0.579. The molecule has 0 saturated carbocycles. The molecule has 2 N–H and O–H groups in total. The van der Waals surface area contributed by atoms with E-state index in [1.165, 1.54) is 5.69 Å². The van der Waals surface area contributed by atoms with E-state index in [-0.39, 0.29) is 17.7 Å². The molecular weight excluding hydrogens is 316 g/mol. The van der Waals surface area contributed by atoms with Gasteiger partial charge < -0.3 is 10.2 Å². The van der Waals surface area contributed by atoms with Crippen LogP contribution in [0.25, 0.3) is 0 Å². The highest BCUT2D eigenvalue weighted by Crippen LogP contribution is 2.22. The van der Waals surface area contributed by atoms with E-state index in [1.807, 2.05) is 0 Å². The van der Waals surface area contributed by atoms with Crippen molar-refractivity contribution in [3.63, 3.8) is 0 Å². The molecule has 134 valence electrons. The summed E-state index contributed by atoms with van der Waals surface area (Å²) in [5, 5.41) is 5.78. The van der Waals surface area contributed by atoms with Crippen molar-refractivity contribution < 1.29 is 9.59 Å². The van der Waals surface area contributed by atoms with Crippen LogP contribution in [0.4, 0.5) is 5.69 Å². The number of carbonyl (C=O) groups is 2. The minimum atomic E-state index is -0.145. The number of nitrogens with one attached hydrogen (secondary N) is 2. The van der Waals surface area contributed by atoms with Gasteiger partial charge in [0.1, 0.15) is 0 Å². The van der Waals surface area contributed by atoms with Crippen molar-refractivity contribution >= 4 is 17.5 Å². The van der Waals surface area contributed by atoms with Crippen molar-refractivity contribution in [1.82, 2.24) is 15.5 Å². The van der Waals surface area contributed by atoms with Crippen molar-refractivity contribution in [3.05, 3.63) is 29.8 Å². The maximum atomic E-state index is 11.9. The van der Waals surface area contributed by atoms with Gasteiger partial charge in [-0.05, 0) is 30.5 Å². The van der Waals surface area contributed by atoms with Crippen LogP contribution in [0.5, 0.6) is 0 Å². The summed E-state index contributed by atoms with van der Waals surface area (Å²) in [6, 6.07) is 9.32. The molecule has 1 atom stereocenters. The van der Waals surface area contributed by atoms with E-state index in [0.717, 1.165) is 50.9 Å². The van der Waals surface area contributed by atoms with E-state index in [1.54, 1.807) is 0 Å². The molecule has 3 saturated heterocycles. The highest BCUT2D eigenvalue weighted by molar-refractivity contribution is 5.98. The maximum absolute atomic E-state index is 11.9. The van der Waals surface area contributed by atoms with Gasteiger partial charge in [-0.2, -0.15) is 0 Å². The van der Waals surface area contributed by atoms with E-state index >= 15 is 0 Å². The van der Waals surface area contributed by atoms with E-state index in [4.69, 9.17) is 0 Å². The van der Waals surface area contributed by atoms with Gasteiger partial charge in [0.25, 0.3) is 0 Å². The molecule has 1 aromatic rings. The van der Waals surface area contributed by atoms with Gasteiger partial charge in [0.05, 0.1) is 0 Å². The first-order valence-electron chi connectivity index (χ1n) is 9.31. The average molecular weight is 342 g/mol. The largest absolute Gasteiger partial charge is 0.369 e. The fourth-order valence-electron chi connectivity index (χ4n) is 3.94. The quantitative estimate of drug-likeness (QED) is 0.775. The number of benzene rings is 1. The molecule has 1 aromatic carbocycles. The van der Waals surface area contributed by atoms with Crippen LogP contribution in [0.2, 0.25) is 0 Å². The molecule has 0 aromatic heterocycles. The summed E-state index contributed by atoms with van der Waals surface area (Å²) in [4.78, 5) is 28.2. The van der Waals surface area contributed by atoms with Crippen molar-refractivity contribution in [2.75, 3.05) is 44.2 Å². The molecule has 1 unspecified atom stereocenters. The number of rotatable bonds is 4. The first-order chi connectivity index (χ1) is 12.2. The zero-order valence-electron chi connectivity index (χ0n) is 14.5. The summed E-state index contributed by atoms with van der Waals surface area (Å²) in [6.45, 7) is 6.67. The molecule has 3 aliphatic heterocycles. The predicted molar refractivity (Wildman–Crippen MR) is 96.5 cm³/mol. The maximum Gasteiger partial charge on any atom is 0.230 e. The lowest BCUT2D eigenvalue weighted by atomic mass is 9.91. The molecule has 0 radical (unpaired) electrons. The molecule has 2 amide bonds. The Morgan fingerprint density at radius 2 is 1.72 bits per heavy atom. The minimum Gasteiger partial charge on any atom is -0.369 e. The van der Waals surface area contributed by atoms with Crippen LogP contribution in [0.15, 0.2) is 24.3 Å². The first-order valence-corrected chi connectivity index (χ1v) is 9.31. The number of piperazine rings is 1. The molecular formula is C19H26N4O2. The lowest BCUT2D eigenvalue weighted by Crippen LogP contribution is -2.61. The summed E-state index contributed by atoms with van der Waals surface area (Å²) >= 11 is 0. The Morgan fingerprint density at radius 1 is 1.00 bits per heavy atom. The van der Waals surface area contributed by atoms with E-state index in [0.29, 0.717) is 19.3 Å². The van der Waals surface area contributed by atoms with Crippen molar-refractivity contribution in [2.45, 2.75) is 25.3 Å². The zero-order valence-corrected chi connectivity index (χ0v) is 14.5. The Labute approximate surface area is 148 Å². The van der Waals surface area contributed by atoms with Gasteiger partial charge in [0.2, 0.25) is 11.8 Å². The number of imide groups is 1. The summed E-state index contributed by atoms with van der Waals surface area (Å²) in [5.74, 6) is -0.349. The van der Waals surface area contributed by atoms with Crippen LogP contribution in [-0.2, 0) is 16.0 Å². The third-order valence-electron chi connectivity index (χ3n) is 5.73. The van der Waals surface area contributed by atoms with Crippen LogP contribution < -0.4 is 15.5 Å². The lowest BCUT2D eigenvalue weighted by Gasteiger charge is -2.43. The van der Waals surface area contributed by atoms with Gasteiger partial charge in [-0.1, -0.05) is 12.1 Å². The molecule has 0 bridgehead atoms. The second-order valence-corrected chi connectivity index (χ2v) is 7.35. The Hall–Kier alpha value is -1.92.